The van der Waals surface area contributed by atoms with E-state index in [0.717, 1.165) is 13.2 Å². The summed E-state index contributed by atoms with van der Waals surface area (Å²) in [7, 11) is -6.97. The minimum absolute atomic E-state index is 0.105. The second kappa shape index (κ2) is 5.05. The second-order valence-corrected chi connectivity index (χ2v) is 8.00. The van der Waals surface area contributed by atoms with Crippen LogP contribution < -0.4 is 10.3 Å². The fourth-order valence-corrected chi connectivity index (χ4v) is 4.31. The minimum Gasteiger partial charge on any atom is -0.469 e. The van der Waals surface area contributed by atoms with Crippen molar-refractivity contribution in [3.05, 3.63) is 29.3 Å². The molecule has 0 heterocycles. The number of fused-ring (bicyclic) bond motifs is 1. The second-order valence-electron chi connectivity index (χ2n) is 4.75. The van der Waals surface area contributed by atoms with Crippen molar-refractivity contribution in [3.63, 3.8) is 0 Å². The predicted octanol–water partition coefficient (Wildman–Crippen LogP) is -0.991. The summed E-state index contributed by atoms with van der Waals surface area (Å²) in [6, 6.07) is 3.83. The molecule has 0 spiro atoms. The van der Waals surface area contributed by atoms with E-state index >= 15 is 0 Å². The van der Waals surface area contributed by atoms with Crippen molar-refractivity contribution in [3.8, 4) is 0 Å². The number of primary sulfonamides is 2. The van der Waals surface area contributed by atoms with Crippen molar-refractivity contribution in [2.45, 2.75) is 16.6 Å². The first-order valence-electron chi connectivity index (χ1n) is 5.80. The number of carbonyl (C=O) groups is 1. The Bertz CT molecular complexity index is 800. The fourth-order valence-electron chi connectivity index (χ4n) is 2.53. The van der Waals surface area contributed by atoms with Crippen LogP contribution in [0.5, 0.6) is 0 Å². The number of methoxy groups -OCH3 is 1. The van der Waals surface area contributed by atoms with Crippen molar-refractivity contribution in [1.82, 2.24) is 0 Å². The van der Waals surface area contributed by atoms with Gasteiger partial charge in [-0.3, -0.25) is 4.79 Å². The Morgan fingerprint density at radius 1 is 1.24 bits per heavy atom. The SMILES string of the molecule is COC(=O)C1Cc2ccc(S(N)(=O)=O)cc2C1S(N)(=O)=O. The molecule has 0 amide bonds. The molecule has 1 aromatic rings. The molecule has 0 radical (unpaired) electrons. The molecule has 0 aliphatic heterocycles. The van der Waals surface area contributed by atoms with Crippen LogP contribution in [-0.4, -0.2) is 29.9 Å². The molecule has 2 unspecified atom stereocenters. The summed E-state index contributed by atoms with van der Waals surface area (Å²) in [5.74, 6) is -1.72. The van der Waals surface area contributed by atoms with Gasteiger partial charge in [0.15, 0.2) is 0 Å². The summed E-state index contributed by atoms with van der Waals surface area (Å²) >= 11 is 0. The highest BCUT2D eigenvalue weighted by Crippen LogP contribution is 2.42. The van der Waals surface area contributed by atoms with Gasteiger partial charge >= 0.3 is 5.97 Å². The van der Waals surface area contributed by atoms with Gasteiger partial charge in [0.05, 0.1) is 17.9 Å². The largest absolute Gasteiger partial charge is 0.469 e. The molecule has 21 heavy (non-hydrogen) atoms. The summed E-state index contributed by atoms with van der Waals surface area (Å²) < 4.78 is 50.9. The van der Waals surface area contributed by atoms with Gasteiger partial charge in [-0.15, -0.1) is 0 Å². The van der Waals surface area contributed by atoms with Crippen molar-refractivity contribution in [1.29, 1.82) is 0 Å². The number of ether oxygens (including phenoxy) is 1. The van der Waals surface area contributed by atoms with Crippen molar-refractivity contribution < 1.29 is 26.4 Å². The molecular weight excluding hydrogens is 320 g/mol. The third kappa shape index (κ3) is 2.93. The van der Waals surface area contributed by atoms with Crippen LogP contribution in [0, 0.1) is 5.92 Å². The molecule has 0 saturated carbocycles. The molecule has 1 aliphatic carbocycles. The number of carbonyl (C=O) groups excluding carboxylic acids is 1. The van der Waals surface area contributed by atoms with Crippen LogP contribution >= 0.6 is 0 Å². The first kappa shape index (κ1) is 15.9. The van der Waals surface area contributed by atoms with Crippen molar-refractivity contribution in [2.24, 2.45) is 16.2 Å². The van der Waals surface area contributed by atoms with Gasteiger partial charge in [-0.1, -0.05) is 6.07 Å². The maximum Gasteiger partial charge on any atom is 0.310 e. The number of sulfonamides is 2. The Morgan fingerprint density at radius 2 is 1.86 bits per heavy atom. The topological polar surface area (TPSA) is 147 Å². The molecule has 10 heteroatoms. The van der Waals surface area contributed by atoms with E-state index in [1.165, 1.54) is 12.1 Å². The summed E-state index contributed by atoms with van der Waals surface area (Å²) in [5.41, 5.74) is 0.691. The lowest BCUT2D eigenvalue weighted by Crippen LogP contribution is -2.30. The van der Waals surface area contributed by atoms with Gasteiger partial charge in [0.2, 0.25) is 20.0 Å². The van der Waals surface area contributed by atoms with E-state index in [0.29, 0.717) is 5.56 Å². The lowest BCUT2D eigenvalue weighted by atomic mass is 10.1. The smallest absolute Gasteiger partial charge is 0.310 e. The third-order valence-electron chi connectivity index (χ3n) is 3.42. The number of hydrogen-bond acceptors (Lipinski definition) is 6. The number of nitrogens with two attached hydrogens (primary N) is 2. The molecule has 2 rings (SSSR count). The molecule has 4 N–H and O–H groups in total. The molecule has 116 valence electrons. The zero-order valence-corrected chi connectivity index (χ0v) is 12.6. The standard InChI is InChI=1S/C11H14N2O6S2/c1-19-11(14)9-4-6-2-3-7(20(12,15)16)5-8(6)10(9)21(13,17)18/h2-3,5,9-10H,4H2,1H3,(H2,12,15,16)(H2,13,17,18). The lowest BCUT2D eigenvalue weighted by Gasteiger charge is -2.16. The highest BCUT2D eigenvalue weighted by Gasteiger charge is 2.44. The molecule has 1 aliphatic rings. The van der Waals surface area contributed by atoms with Crippen LogP contribution in [-0.2, 0) is 36.0 Å². The Morgan fingerprint density at radius 3 is 2.33 bits per heavy atom. The Hall–Kier alpha value is -1.49. The maximum absolute atomic E-state index is 11.8. The van der Waals surface area contributed by atoms with Gasteiger partial charge in [0.25, 0.3) is 0 Å². The number of esters is 1. The van der Waals surface area contributed by atoms with E-state index in [-0.39, 0.29) is 16.9 Å². The Balaban J connectivity index is 2.63. The number of benzene rings is 1. The van der Waals surface area contributed by atoms with E-state index in [9.17, 15) is 21.6 Å². The van der Waals surface area contributed by atoms with E-state index in [2.05, 4.69) is 4.74 Å². The van der Waals surface area contributed by atoms with Gasteiger partial charge in [-0.2, -0.15) is 0 Å². The van der Waals surface area contributed by atoms with Gasteiger partial charge in [0.1, 0.15) is 5.25 Å². The van der Waals surface area contributed by atoms with E-state index in [4.69, 9.17) is 10.3 Å². The zero-order valence-electron chi connectivity index (χ0n) is 11.0. The highest BCUT2D eigenvalue weighted by molar-refractivity contribution is 7.89. The Kier molecular flexibility index (Phi) is 3.82. The average molecular weight is 334 g/mol. The van der Waals surface area contributed by atoms with Crippen LogP contribution in [0.1, 0.15) is 16.4 Å². The molecule has 2 atom stereocenters. The maximum atomic E-state index is 11.8. The van der Waals surface area contributed by atoms with Crippen LogP contribution in [0.3, 0.4) is 0 Å². The lowest BCUT2D eigenvalue weighted by molar-refractivity contribution is -0.145. The first-order chi connectivity index (χ1) is 9.55. The molecular formula is C11H14N2O6S2. The summed E-state index contributed by atoms with van der Waals surface area (Å²) in [6.07, 6.45) is 0.105. The van der Waals surface area contributed by atoms with Crippen LogP contribution in [0.25, 0.3) is 0 Å². The third-order valence-corrected chi connectivity index (χ3v) is 5.62. The van der Waals surface area contributed by atoms with Gasteiger partial charge in [-0.25, -0.2) is 27.1 Å². The van der Waals surface area contributed by atoms with E-state index in [1.807, 2.05) is 0 Å². The molecule has 0 fully saturated rings. The van der Waals surface area contributed by atoms with Gasteiger partial charge in [-0.05, 0) is 29.7 Å². The van der Waals surface area contributed by atoms with Crippen molar-refractivity contribution >= 4 is 26.0 Å². The fraction of sp³-hybridized carbons (Fsp3) is 0.364. The molecule has 8 nitrogen and oxygen atoms in total. The Labute approximate surface area is 122 Å². The minimum atomic E-state index is -4.12. The summed E-state index contributed by atoms with van der Waals surface area (Å²) in [5, 5.41) is 8.86. The van der Waals surface area contributed by atoms with Gasteiger partial charge in [0, 0.05) is 0 Å². The molecule has 0 aromatic heterocycles. The molecule has 1 aromatic carbocycles. The summed E-state index contributed by atoms with van der Waals surface area (Å²) in [4.78, 5) is 11.5. The predicted molar refractivity (Wildman–Crippen MR) is 72.9 cm³/mol. The van der Waals surface area contributed by atoms with Crippen LogP contribution in [0.15, 0.2) is 23.1 Å². The van der Waals surface area contributed by atoms with Gasteiger partial charge < -0.3 is 4.74 Å². The van der Waals surface area contributed by atoms with Crippen LogP contribution in [0.4, 0.5) is 0 Å². The van der Waals surface area contributed by atoms with E-state index < -0.39 is 37.2 Å². The monoisotopic (exact) mass is 334 g/mol. The summed E-state index contributed by atoms with van der Waals surface area (Å²) in [6.45, 7) is 0. The quantitative estimate of drug-likeness (QED) is 0.678. The molecule has 0 bridgehead atoms. The molecule has 0 saturated heterocycles. The van der Waals surface area contributed by atoms with Crippen molar-refractivity contribution in [2.75, 3.05) is 7.11 Å². The van der Waals surface area contributed by atoms with E-state index in [1.54, 1.807) is 0 Å². The average Bonchev–Trinajstić information content (AvgIpc) is 2.74. The first-order valence-corrected chi connectivity index (χ1v) is 8.96. The number of hydrogen-bond donors (Lipinski definition) is 2. The highest BCUT2D eigenvalue weighted by atomic mass is 32.2. The normalized spacial score (nSPS) is 21.9. The number of rotatable bonds is 3. The van der Waals surface area contributed by atoms with Crippen LogP contribution in [0.2, 0.25) is 0 Å². The zero-order chi connectivity index (χ0) is 16.0.